The van der Waals surface area contributed by atoms with Gasteiger partial charge in [-0.15, -0.1) is 11.3 Å². The highest BCUT2D eigenvalue weighted by atomic mass is 32.1. The SMILES string of the molecule is COc1cccc(-c2csc(CN3CCN(C(=O)c4ccccc4F)CC3)n2)c1. The van der Waals surface area contributed by atoms with Crippen molar-refractivity contribution >= 4 is 17.2 Å². The van der Waals surface area contributed by atoms with Crippen molar-refractivity contribution in [2.75, 3.05) is 33.3 Å². The van der Waals surface area contributed by atoms with Gasteiger partial charge in [-0.3, -0.25) is 9.69 Å². The zero-order valence-corrected chi connectivity index (χ0v) is 17.0. The molecule has 0 N–H and O–H groups in total. The number of ether oxygens (including phenoxy) is 1. The minimum Gasteiger partial charge on any atom is -0.497 e. The van der Waals surface area contributed by atoms with Gasteiger partial charge in [-0.05, 0) is 24.3 Å². The van der Waals surface area contributed by atoms with Crippen LogP contribution < -0.4 is 4.74 Å². The molecule has 0 bridgehead atoms. The number of benzene rings is 2. The van der Waals surface area contributed by atoms with Gasteiger partial charge < -0.3 is 9.64 Å². The Labute approximate surface area is 173 Å². The summed E-state index contributed by atoms with van der Waals surface area (Å²) in [5.74, 6) is 0.109. The lowest BCUT2D eigenvalue weighted by atomic mass is 10.1. The number of hydrogen-bond donors (Lipinski definition) is 0. The molecule has 0 spiro atoms. The summed E-state index contributed by atoms with van der Waals surface area (Å²) in [7, 11) is 1.65. The smallest absolute Gasteiger partial charge is 0.256 e. The second-order valence-electron chi connectivity index (χ2n) is 6.91. The van der Waals surface area contributed by atoms with Crippen molar-refractivity contribution in [1.82, 2.24) is 14.8 Å². The van der Waals surface area contributed by atoms with Crippen molar-refractivity contribution in [1.29, 1.82) is 0 Å². The third-order valence-corrected chi connectivity index (χ3v) is 5.87. The zero-order chi connectivity index (χ0) is 20.2. The van der Waals surface area contributed by atoms with E-state index < -0.39 is 5.82 Å². The van der Waals surface area contributed by atoms with Crippen LogP contribution in [-0.2, 0) is 6.54 Å². The Bertz CT molecular complexity index is 999. The third kappa shape index (κ3) is 4.46. The molecule has 5 nitrogen and oxygen atoms in total. The third-order valence-electron chi connectivity index (χ3n) is 5.04. The average Bonchev–Trinajstić information content (AvgIpc) is 3.23. The predicted octanol–water partition coefficient (Wildman–Crippen LogP) is 3.92. The Hall–Kier alpha value is -2.77. The van der Waals surface area contributed by atoms with Crippen LogP contribution in [0.25, 0.3) is 11.3 Å². The van der Waals surface area contributed by atoms with Crippen LogP contribution in [0.15, 0.2) is 53.9 Å². The molecule has 1 aliphatic rings. The number of carbonyl (C=O) groups is 1. The number of methoxy groups -OCH3 is 1. The standard InChI is InChI=1S/C22H22FN3O2S/c1-28-17-6-4-5-16(13-17)20-15-29-21(24-20)14-25-9-11-26(12-10-25)22(27)18-7-2-3-8-19(18)23/h2-8,13,15H,9-12,14H2,1H3. The van der Waals surface area contributed by atoms with Gasteiger partial charge >= 0.3 is 0 Å². The van der Waals surface area contributed by atoms with Crippen LogP contribution in [0.4, 0.5) is 4.39 Å². The number of nitrogens with zero attached hydrogens (tertiary/aromatic N) is 3. The highest BCUT2D eigenvalue weighted by molar-refractivity contribution is 7.09. The molecule has 0 saturated carbocycles. The molecule has 0 radical (unpaired) electrons. The van der Waals surface area contributed by atoms with Crippen LogP contribution in [-0.4, -0.2) is 54.0 Å². The van der Waals surface area contributed by atoms with E-state index in [-0.39, 0.29) is 11.5 Å². The van der Waals surface area contributed by atoms with Crippen LogP contribution in [0.5, 0.6) is 5.75 Å². The molecule has 0 unspecified atom stereocenters. The van der Waals surface area contributed by atoms with Gasteiger partial charge in [-0.1, -0.05) is 24.3 Å². The summed E-state index contributed by atoms with van der Waals surface area (Å²) in [6.07, 6.45) is 0. The lowest BCUT2D eigenvalue weighted by molar-refractivity contribution is 0.0624. The molecule has 4 rings (SSSR count). The maximum atomic E-state index is 13.9. The van der Waals surface area contributed by atoms with Crippen LogP contribution in [0.2, 0.25) is 0 Å². The van der Waals surface area contributed by atoms with E-state index in [0.29, 0.717) is 13.1 Å². The molecule has 7 heteroatoms. The Balaban J connectivity index is 1.35. The van der Waals surface area contributed by atoms with Gasteiger partial charge in [0.25, 0.3) is 5.91 Å². The van der Waals surface area contributed by atoms with Crippen molar-refractivity contribution in [3.05, 3.63) is 70.3 Å². The molecule has 1 aromatic heterocycles. The molecule has 3 aromatic rings. The molecular weight excluding hydrogens is 389 g/mol. The summed E-state index contributed by atoms with van der Waals surface area (Å²) in [6, 6.07) is 14.0. The van der Waals surface area contributed by atoms with Gasteiger partial charge in [0.15, 0.2) is 0 Å². The first-order chi connectivity index (χ1) is 14.1. The second kappa shape index (κ2) is 8.71. The molecule has 1 aliphatic heterocycles. The summed E-state index contributed by atoms with van der Waals surface area (Å²) in [6.45, 7) is 3.40. The first-order valence-corrected chi connectivity index (χ1v) is 10.4. The van der Waals surface area contributed by atoms with Gasteiger partial charge in [0, 0.05) is 37.1 Å². The minimum atomic E-state index is -0.465. The van der Waals surface area contributed by atoms with Gasteiger partial charge in [-0.2, -0.15) is 0 Å². The van der Waals surface area contributed by atoms with E-state index in [1.807, 2.05) is 24.3 Å². The molecule has 0 aliphatic carbocycles. The molecular formula is C22H22FN3O2S. The first-order valence-electron chi connectivity index (χ1n) is 9.49. The molecule has 150 valence electrons. The van der Waals surface area contributed by atoms with Crippen molar-refractivity contribution in [2.45, 2.75) is 6.54 Å². The number of amides is 1. The van der Waals surface area contributed by atoms with Gasteiger partial charge in [0.05, 0.1) is 24.9 Å². The van der Waals surface area contributed by atoms with Crippen molar-refractivity contribution < 1.29 is 13.9 Å². The normalized spacial score (nSPS) is 14.8. The molecule has 2 aromatic carbocycles. The van der Waals surface area contributed by atoms with Crippen LogP contribution in [0, 0.1) is 5.82 Å². The number of thiazole rings is 1. The van der Waals surface area contributed by atoms with Crippen molar-refractivity contribution in [3.8, 4) is 17.0 Å². The fourth-order valence-corrected chi connectivity index (χ4v) is 4.25. The molecule has 2 heterocycles. The highest BCUT2D eigenvalue weighted by Crippen LogP contribution is 2.26. The number of piperazine rings is 1. The topological polar surface area (TPSA) is 45.7 Å². The summed E-state index contributed by atoms with van der Waals surface area (Å²) in [5.41, 5.74) is 2.12. The van der Waals surface area contributed by atoms with E-state index in [2.05, 4.69) is 10.3 Å². The van der Waals surface area contributed by atoms with Gasteiger partial charge in [-0.25, -0.2) is 9.37 Å². The van der Waals surface area contributed by atoms with Gasteiger partial charge in [0.1, 0.15) is 16.6 Å². The maximum absolute atomic E-state index is 13.9. The number of aromatic nitrogens is 1. The van der Waals surface area contributed by atoms with Gasteiger partial charge in [0.2, 0.25) is 0 Å². The van der Waals surface area contributed by atoms with Crippen molar-refractivity contribution in [3.63, 3.8) is 0 Å². The largest absolute Gasteiger partial charge is 0.497 e. The van der Waals surface area contributed by atoms with Crippen LogP contribution in [0.3, 0.4) is 0 Å². The summed E-state index contributed by atoms with van der Waals surface area (Å²) < 4.78 is 19.2. The van der Waals surface area contributed by atoms with E-state index in [4.69, 9.17) is 9.72 Å². The fraction of sp³-hybridized carbons (Fsp3) is 0.273. The number of hydrogen-bond acceptors (Lipinski definition) is 5. The quantitative estimate of drug-likeness (QED) is 0.639. The molecule has 29 heavy (non-hydrogen) atoms. The molecule has 0 atom stereocenters. The summed E-state index contributed by atoms with van der Waals surface area (Å²) >= 11 is 1.63. The Kier molecular flexibility index (Phi) is 5.87. The lowest BCUT2D eigenvalue weighted by Crippen LogP contribution is -2.48. The Morgan fingerprint density at radius 1 is 1.14 bits per heavy atom. The maximum Gasteiger partial charge on any atom is 0.256 e. The highest BCUT2D eigenvalue weighted by Gasteiger charge is 2.24. The number of carbonyl (C=O) groups excluding carboxylic acids is 1. The minimum absolute atomic E-state index is 0.142. The first kappa shape index (κ1) is 19.5. The lowest BCUT2D eigenvalue weighted by Gasteiger charge is -2.34. The van der Waals surface area contributed by atoms with E-state index in [1.165, 1.54) is 6.07 Å². The van der Waals surface area contributed by atoms with E-state index in [1.54, 1.807) is 41.5 Å². The monoisotopic (exact) mass is 411 g/mol. The van der Waals surface area contributed by atoms with Crippen LogP contribution in [0.1, 0.15) is 15.4 Å². The molecule has 1 fully saturated rings. The van der Waals surface area contributed by atoms with Crippen molar-refractivity contribution in [2.24, 2.45) is 0 Å². The number of halogens is 1. The second-order valence-corrected chi connectivity index (χ2v) is 7.85. The van der Waals surface area contributed by atoms with Crippen LogP contribution >= 0.6 is 11.3 Å². The summed E-state index contributed by atoms with van der Waals surface area (Å²) in [5, 5.41) is 3.10. The zero-order valence-electron chi connectivity index (χ0n) is 16.2. The number of rotatable bonds is 5. The predicted molar refractivity (Wildman–Crippen MR) is 112 cm³/mol. The van der Waals surface area contributed by atoms with E-state index >= 15 is 0 Å². The Morgan fingerprint density at radius 2 is 1.93 bits per heavy atom. The molecule has 1 amide bonds. The average molecular weight is 412 g/mol. The van der Waals surface area contributed by atoms with E-state index in [0.717, 1.165) is 41.6 Å². The fourth-order valence-electron chi connectivity index (χ4n) is 3.40. The molecule has 1 saturated heterocycles. The Morgan fingerprint density at radius 3 is 2.69 bits per heavy atom. The summed E-state index contributed by atoms with van der Waals surface area (Å²) in [4.78, 5) is 21.3. The van der Waals surface area contributed by atoms with E-state index in [9.17, 15) is 9.18 Å².